The Morgan fingerprint density at radius 1 is 0.667 bits per heavy atom. The molecule has 0 saturated heterocycles. The Morgan fingerprint density at radius 2 is 1.04 bits per heavy atom. The molecule has 4 atom stereocenters. The molecule has 24 heavy (non-hydrogen) atoms. The number of hydrogen-bond donors (Lipinski definition) is 2. The highest BCUT2D eigenvalue weighted by Crippen LogP contribution is 2.36. The maximum atomic E-state index is 10.9. The van der Waals surface area contributed by atoms with E-state index in [9.17, 15) is 9.59 Å². The van der Waals surface area contributed by atoms with Crippen molar-refractivity contribution in [3.05, 3.63) is 35.4 Å². The van der Waals surface area contributed by atoms with Gasteiger partial charge in [-0.15, -0.1) is 0 Å². The molecule has 2 fully saturated rings. The van der Waals surface area contributed by atoms with E-state index in [0.717, 1.165) is 38.5 Å². The van der Waals surface area contributed by atoms with Crippen molar-refractivity contribution in [2.75, 3.05) is 0 Å². The Labute approximate surface area is 144 Å². The summed E-state index contributed by atoms with van der Waals surface area (Å²) in [4.78, 5) is 21.7. The highest BCUT2D eigenvalue weighted by Gasteiger charge is 2.28. The smallest absolute Gasteiger partial charge is 0.207 e. The van der Waals surface area contributed by atoms with Crippen LogP contribution in [0.25, 0.3) is 0 Å². The molecule has 1 aromatic rings. The summed E-state index contributed by atoms with van der Waals surface area (Å²) in [6.07, 6.45) is 11.0. The van der Waals surface area contributed by atoms with Crippen LogP contribution in [0.4, 0.5) is 0 Å². The molecule has 130 valence electrons. The zero-order chi connectivity index (χ0) is 16.8. The van der Waals surface area contributed by atoms with Gasteiger partial charge in [-0.1, -0.05) is 49.9 Å². The highest BCUT2D eigenvalue weighted by molar-refractivity contribution is 5.48. The zero-order valence-electron chi connectivity index (χ0n) is 14.2. The Balaban J connectivity index is 1.74. The van der Waals surface area contributed by atoms with Crippen molar-refractivity contribution in [2.45, 2.75) is 75.3 Å². The largest absolute Gasteiger partial charge is 0.355 e. The molecule has 2 N–H and O–H groups in total. The molecule has 0 heterocycles. The Morgan fingerprint density at radius 3 is 1.42 bits per heavy atom. The van der Waals surface area contributed by atoms with Crippen LogP contribution in [-0.2, 0) is 9.59 Å². The Hall–Kier alpha value is -1.84. The lowest BCUT2D eigenvalue weighted by molar-refractivity contribution is -0.111. The number of hydrogen-bond acceptors (Lipinski definition) is 2. The van der Waals surface area contributed by atoms with Gasteiger partial charge >= 0.3 is 0 Å². The molecule has 0 unspecified atom stereocenters. The van der Waals surface area contributed by atoms with Crippen LogP contribution in [0.15, 0.2) is 24.3 Å². The summed E-state index contributed by atoms with van der Waals surface area (Å²) in [7, 11) is 0. The second-order valence-corrected chi connectivity index (χ2v) is 7.23. The lowest BCUT2D eigenvalue weighted by atomic mass is 9.77. The third-order valence-electron chi connectivity index (χ3n) is 5.89. The molecule has 4 nitrogen and oxygen atoms in total. The van der Waals surface area contributed by atoms with Crippen molar-refractivity contribution >= 4 is 12.8 Å². The molecule has 3 rings (SSSR count). The topological polar surface area (TPSA) is 58.2 Å². The molecule has 2 amide bonds. The van der Waals surface area contributed by atoms with E-state index in [1.165, 1.54) is 36.8 Å². The van der Waals surface area contributed by atoms with Gasteiger partial charge in [-0.25, -0.2) is 0 Å². The van der Waals surface area contributed by atoms with E-state index < -0.39 is 0 Å². The van der Waals surface area contributed by atoms with Crippen LogP contribution in [0.3, 0.4) is 0 Å². The average molecular weight is 328 g/mol. The summed E-state index contributed by atoms with van der Waals surface area (Å²) in [5.74, 6) is 0.849. The lowest BCUT2D eigenvalue weighted by Gasteiger charge is -2.33. The van der Waals surface area contributed by atoms with Gasteiger partial charge in [0.05, 0.1) is 0 Å². The van der Waals surface area contributed by atoms with Gasteiger partial charge in [-0.2, -0.15) is 0 Å². The molecular formula is C20H28N2O2. The third kappa shape index (κ3) is 3.80. The predicted molar refractivity (Wildman–Crippen MR) is 94.8 cm³/mol. The molecule has 0 aliphatic heterocycles. The molecule has 2 aliphatic rings. The molecular weight excluding hydrogens is 300 g/mol. The quantitative estimate of drug-likeness (QED) is 0.788. The van der Waals surface area contributed by atoms with E-state index in [1.807, 2.05) is 0 Å². The summed E-state index contributed by atoms with van der Waals surface area (Å²) >= 11 is 0. The minimum atomic E-state index is 0.265. The molecule has 2 aliphatic carbocycles. The van der Waals surface area contributed by atoms with E-state index in [1.54, 1.807) is 0 Å². The highest BCUT2D eigenvalue weighted by atomic mass is 16.1. The summed E-state index contributed by atoms with van der Waals surface area (Å²) in [5, 5.41) is 6.01. The monoisotopic (exact) mass is 328 g/mol. The van der Waals surface area contributed by atoms with E-state index >= 15 is 0 Å². The summed E-state index contributed by atoms with van der Waals surface area (Å²) < 4.78 is 0. The molecule has 4 heteroatoms. The Kier molecular flexibility index (Phi) is 5.89. The second kappa shape index (κ2) is 8.32. The van der Waals surface area contributed by atoms with Gasteiger partial charge in [0.25, 0.3) is 0 Å². The van der Waals surface area contributed by atoms with Crippen LogP contribution < -0.4 is 10.6 Å². The van der Waals surface area contributed by atoms with Crippen molar-refractivity contribution in [2.24, 2.45) is 0 Å². The van der Waals surface area contributed by atoms with Crippen LogP contribution in [0.1, 0.15) is 74.3 Å². The van der Waals surface area contributed by atoms with Crippen molar-refractivity contribution in [1.29, 1.82) is 0 Å². The van der Waals surface area contributed by atoms with Crippen LogP contribution in [0.2, 0.25) is 0 Å². The predicted octanol–water partition coefficient (Wildman–Crippen LogP) is 3.23. The molecule has 0 spiro atoms. The SMILES string of the molecule is O=CN[C@H]1CCCC[C@@H]1c1ccc([C@@H]2CCCC[C@@H]2NC=O)cc1. The molecule has 1 aromatic carbocycles. The first kappa shape index (κ1) is 17.0. The van der Waals surface area contributed by atoms with E-state index in [2.05, 4.69) is 34.9 Å². The Bertz CT molecular complexity index is 494. The van der Waals surface area contributed by atoms with Crippen molar-refractivity contribution in [3.8, 4) is 0 Å². The summed E-state index contributed by atoms with van der Waals surface area (Å²) in [5.41, 5.74) is 2.65. The van der Waals surface area contributed by atoms with Gasteiger partial charge in [0.2, 0.25) is 12.8 Å². The minimum Gasteiger partial charge on any atom is -0.355 e. The number of carbonyl (C=O) groups excluding carboxylic acids is 2. The molecule has 0 bridgehead atoms. The fourth-order valence-corrected chi connectivity index (χ4v) is 4.62. The lowest BCUT2D eigenvalue weighted by Crippen LogP contribution is -2.37. The molecule has 0 aromatic heterocycles. The number of amides is 2. The maximum absolute atomic E-state index is 10.9. The van der Waals surface area contributed by atoms with E-state index in [0.29, 0.717) is 11.8 Å². The van der Waals surface area contributed by atoms with Crippen LogP contribution in [0, 0.1) is 0 Å². The van der Waals surface area contributed by atoms with Gasteiger partial charge in [-0.05, 0) is 36.8 Å². The van der Waals surface area contributed by atoms with E-state index in [4.69, 9.17) is 0 Å². The maximum Gasteiger partial charge on any atom is 0.207 e. The summed E-state index contributed by atoms with van der Waals surface area (Å²) in [6.45, 7) is 0. The van der Waals surface area contributed by atoms with Gasteiger partial charge in [0, 0.05) is 23.9 Å². The zero-order valence-corrected chi connectivity index (χ0v) is 14.2. The molecule has 0 radical (unpaired) electrons. The van der Waals surface area contributed by atoms with Crippen molar-refractivity contribution in [3.63, 3.8) is 0 Å². The average Bonchev–Trinajstić information content (AvgIpc) is 2.64. The summed E-state index contributed by atoms with van der Waals surface area (Å²) in [6, 6.07) is 9.46. The first-order valence-electron chi connectivity index (χ1n) is 9.32. The fourth-order valence-electron chi connectivity index (χ4n) is 4.62. The van der Waals surface area contributed by atoms with Crippen LogP contribution in [0.5, 0.6) is 0 Å². The number of benzene rings is 1. The van der Waals surface area contributed by atoms with E-state index in [-0.39, 0.29) is 12.1 Å². The van der Waals surface area contributed by atoms with Crippen molar-refractivity contribution < 1.29 is 9.59 Å². The minimum absolute atomic E-state index is 0.265. The van der Waals surface area contributed by atoms with Crippen LogP contribution >= 0.6 is 0 Å². The normalized spacial score (nSPS) is 30.3. The standard InChI is InChI=1S/C20H28N2O2/c23-13-21-19-7-3-1-5-17(19)15-9-11-16(12-10-15)18-6-2-4-8-20(18)22-14-24/h9-14,17-20H,1-8H2,(H,21,23)(H,22,24)/t17-,18+,19-,20-/m0/s1. The van der Waals surface area contributed by atoms with Gasteiger partial charge in [0.1, 0.15) is 0 Å². The van der Waals surface area contributed by atoms with Gasteiger partial charge in [-0.3, -0.25) is 9.59 Å². The number of rotatable bonds is 6. The second-order valence-electron chi connectivity index (χ2n) is 7.23. The molecule has 2 saturated carbocycles. The van der Waals surface area contributed by atoms with Crippen LogP contribution in [-0.4, -0.2) is 24.9 Å². The first-order valence-corrected chi connectivity index (χ1v) is 9.32. The number of nitrogens with one attached hydrogen (secondary N) is 2. The number of carbonyl (C=O) groups is 2. The fraction of sp³-hybridized carbons (Fsp3) is 0.600. The van der Waals surface area contributed by atoms with Crippen molar-refractivity contribution in [1.82, 2.24) is 10.6 Å². The van der Waals surface area contributed by atoms with Gasteiger partial charge < -0.3 is 10.6 Å². The van der Waals surface area contributed by atoms with Gasteiger partial charge in [0.15, 0.2) is 0 Å². The first-order chi connectivity index (χ1) is 11.8. The third-order valence-corrected chi connectivity index (χ3v) is 5.89.